The van der Waals surface area contributed by atoms with Gasteiger partial charge in [0.1, 0.15) is 6.54 Å². The average molecular weight is 253 g/mol. The highest BCUT2D eigenvalue weighted by Gasteiger charge is 2.07. The Morgan fingerprint density at radius 1 is 1.39 bits per heavy atom. The first kappa shape index (κ1) is 14.0. The number of nitrogens with two attached hydrogens (primary N) is 1. The van der Waals surface area contributed by atoms with Crippen molar-refractivity contribution in [3.05, 3.63) is 12.4 Å². The molecule has 0 aliphatic rings. The van der Waals surface area contributed by atoms with Crippen LogP contribution in [0.3, 0.4) is 0 Å². The fourth-order valence-electron chi connectivity index (χ4n) is 1.23. The van der Waals surface area contributed by atoms with Gasteiger partial charge in [0.2, 0.25) is 11.8 Å². The van der Waals surface area contributed by atoms with Crippen molar-refractivity contribution in [1.29, 1.82) is 0 Å². The van der Waals surface area contributed by atoms with E-state index in [0.717, 1.165) is 0 Å². The summed E-state index contributed by atoms with van der Waals surface area (Å²) in [4.78, 5) is 22.8. The highest BCUT2D eigenvalue weighted by atomic mass is 16.2. The zero-order chi connectivity index (χ0) is 13.5. The lowest BCUT2D eigenvalue weighted by atomic mass is 10.2. The number of carbonyl (C=O) groups excluding carboxylic acids is 2. The second kappa shape index (κ2) is 6.63. The number of nitrogens with one attached hydrogen (secondary N) is 2. The molecule has 0 bridgehead atoms. The molecule has 0 spiro atoms. The second-order valence-corrected chi connectivity index (χ2v) is 4.45. The van der Waals surface area contributed by atoms with E-state index >= 15 is 0 Å². The Kier molecular flexibility index (Phi) is 5.16. The van der Waals surface area contributed by atoms with Gasteiger partial charge in [0, 0.05) is 12.7 Å². The van der Waals surface area contributed by atoms with Gasteiger partial charge in [-0.2, -0.15) is 5.10 Å². The SMILES string of the molecule is CC(C)CNC(=O)CNC(=O)Cn1cc(N)cn1. The molecular formula is C11H19N5O2. The van der Waals surface area contributed by atoms with E-state index in [1.807, 2.05) is 13.8 Å². The fraction of sp³-hybridized carbons (Fsp3) is 0.545. The van der Waals surface area contributed by atoms with Crippen molar-refractivity contribution in [1.82, 2.24) is 20.4 Å². The summed E-state index contributed by atoms with van der Waals surface area (Å²) in [6.07, 6.45) is 3.01. The number of aromatic nitrogens is 2. The van der Waals surface area contributed by atoms with Crippen molar-refractivity contribution in [3.8, 4) is 0 Å². The third-order valence-electron chi connectivity index (χ3n) is 2.11. The van der Waals surface area contributed by atoms with E-state index in [4.69, 9.17) is 5.73 Å². The molecule has 4 N–H and O–H groups in total. The molecule has 1 heterocycles. The maximum absolute atomic E-state index is 11.5. The quantitative estimate of drug-likeness (QED) is 0.627. The van der Waals surface area contributed by atoms with Crippen LogP contribution < -0.4 is 16.4 Å². The molecule has 1 aromatic rings. The van der Waals surface area contributed by atoms with Gasteiger partial charge in [-0.05, 0) is 5.92 Å². The maximum atomic E-state index is 11.5. The Morgan fingerprint density at radius 3 is 2.67 bits per heavy atom. The third-order valence-corrected chi connectivity index (χ3v) is 2.11. The number of nitrogen functional groups attached to an aromatic ring is 1. The lowest BCUT2D eigenvalue weighted by molar-refractivity contribution is -0.126. The zero-order valence-corrected chi connectivity index (χ0v) is 10.6. The average Bonchev–Trinajstić information content (AvgIpc) is 2.69. The van der Waals surface area contributed by atoms with Crippen LogP contribution in [0.1, 0.15) is 13.8 Å². The van der Waals surface area contributed by atoms with Crippen LogP contribution in [0, 0.1) is 5.92 Å². The molecule has 0 fully saturated rings. The van der Waals surface area contributed by atoms with Gasteiger partial charge in [0.25, 0.3) is 0 Å². The molecule has 0 saturated heterocycles. The molecule has 0 atom stereocenters. The molecule has 0 aliphatic carbocycles. The lowest BCUT2D eigenvalue weighted by Crippen LogP contribution is -2.39. The summed E-state index contributed by atoms with van der Waals surface area (Å²) in [5.74, 6) is -0.0912. The van der Waals surface area contributed by atoms with Gasteiger partial charge in [0.05, 0.1) is 18.4 Å². The Morgan fingerprint density at radius 2 is 2.11 bits per heavy atom. The first-order valence-corrected chi connectivity index (χ1v) is 5.78. The molecule has 0 unspecified atom stereocenters. The van der Waals surface area contributed by atoms with Crippen LogP contribution in [0.4, 0.5) is 5.69 Å². The Bertz CT molecular complexity index is 413. The van der Waals surface area contributed by atoms with E-state index in [-0.39, 0.29) is 24.9 Å². The molecule has 18 heavy (non-hydrogen) atoms. The molecule has 7 heteroatoms. The predicted molar refractivity (Wildman–Crippen MR) is 67.5 cm³/mol. The predicted octanol–water partition coefficient (Wildman–Crippen LogP) is -0.646. The van der Waals surface area contributed by atoms with E-state index in [9.17, 15) is 9.59 Å². The largest absolute Gasteiger partial charge is 0.396 e. The molecule has 1 aromatic heterocycles. The van der Waals surface area contributed by atoms with E-state index in [2.05, 4.69) is 15.7 Å². The van der Waals surface area contributed by atoms with E-state index in [0.29, 0.717) is 18.2 Å². The van der Waals surface area contributed by atoms with Gasteiger partial charge in [-0.3, -0.25) is 14.3 Å². The molecular weight excluding hydrogens is 234 g/mol. The minimum Gasteiger partial charge on any atom is -0.396 e. The van der Waals surface area contributed by atoms with Crippen LogP contribution in [0.2, 0.25) is 0 Å². The van der Waals surface area contributed by atoms with E-state index < -0.39 is 0 Å². The van der Waals surface area contributed by atoms with Gasteiger partial charge in [-0.15, -0.1) is 0 Å². The number of amides is 2. The molecule has 0 aliphatic heterocycles. The molecule has 100 valence electrons. The zero-order valence-electron chi connectivity index (χ0n) is 10.6. The van der Waals surface area contributed by atoms with E-state index in [1.54, 1.807) is 6.20 Å². The van der Waals surface area contributed by atoms with Crippen molar-refractivity contribution in [2.75, 3.05) is 18.8 Å². The number of hydrogen-bond donors (Lipinski definition) is 3. The minimum atomic E-state index is -0.280. The van der Waals surface area contributed by atoms with Crippen molar-refractivity contribution >= 4 is 17.5 Å². The summed E-state index contributed by atoms with van der Waals surface area (Å²) in [7, 11) is 0. The molecule has 0 radical (unpaired) electrons. The van der Waals surface area contributed by atoms with Crippen LogP contribution in [-0.2, 0) is 16.1 Å². The highest BCUT2D eigenvalue weighted by molar-refractivity contribution is 5.84. The van der Waals surface area contributed by atoms with Gasteiger partial charge < -0.3 is 16.4 Å². The van der Waals surface area contributed by atoms with Crippen molar-refractivity contribution in [2.45, 2.75) is 20.4 Å². The Balaban J connectivity index is 2.22. The van der Waals surface area contributed by atoms with Crippen LogP contribution in [-0.4, -0.2) is 34.7 Å². The van der Waals surface area contributed by atoms with Gasteiger partial charge in [-0.1, -0.05) is 13.8 Å². The summed E-state index contributed by atoms with van der Waals surface area (Å²) in [6.45, 7) is 4.63. The summed E-state index contributed by atoms with van der Waals surface area (Å²) < 4.78 is 1.41. The second-order valence-electron chi connectivity index (χ2n) is 4.45. The number of carbonyl (C=O) groups is 2. The highest BCUT2D eigenvalue weighted by Crippen LogP contribution is 1.96. The normalized spacial score (nSPS) is 10.4. The standard InChI is InChI=1S/C11H19N5O2/c1-8(2)3-13-10(17)5-14-11(18)7-16-6-9(12)4-15-16/h4,6,8H,3,5,7,12H2,1-2H3,(H,13,17)(H,14,18). The number of hydrogen-bond acceptors (Lipinski definition) is 4. The van der Waals surface area contributed by atoms with Crippen LogP contribution in [0.5, 0.6) is 0 Å². The summed E-state index contributed by atoms with van der Waals surface area (Å²) in [6, 6.07) is 0. The molecule has 1 rings (SSSR count). The summed E-state index contributed by atoms with van der Waals surface area (Å²) >= 11 is 0. The van der Waals surface area contributed by atoms with Crippen LogP contribution >= 0.6 is 0 Å². The molecule has 7 nitrogen and oxygen atoms in total. The van der Waals surface area contributed by atoms with Crippen LogP contribution in [0.15, 0.2) is 12.4 Å². The minimum absolute atomic E-state index is 0.0255. The van der Waals surface area contributed by atoms with Gasteiger partial charge in [0.15, 0.2) is 0 Å². The van der Waals surface area contributed by atoms with Crippen molar-refractivity contribution in [3.63, 3.8) is 0 Å². The Hall–Kier alpha value is -2.05. The smallest absolute Gasteiger partial charge is 0.242 e. The number of anilines is 1. The molecule has 2 amide bonds. The monoisotopic (exact) mass is 253 g/mol. The lowest BCUT2D eigenvalue weighted by Gasteiger charge is -2.08. The summed E-state index contributed by atoms with van der Waals surface area (Å²) in [5, 5.41) is 9.09. The fourth-order valence-corrected chi connectivity index (χ4v) is 1.23. The Labute approximate surface area is 106 Å². The molecule has 0 aromatic carbocycles. The first-order valence-electron chi connectivity index (χ1n) is 5.78. The summed E-state index contributed by atoms with van der Waals surface area (Å²) in [5.41, 5.74) is 5.96. The maximum Gasteiger partial charge on any atom is 0.242 e. The molecule has 0 saturated carbocycles. The topological polar surface area (TPSA) is 102 Å². The third kappa shape index (κ3) is 5.33. The van der Waals surface area contributed by atoms with Crippen LogP contribution in [0.25, 0.3) is 0 Å². The van der Waals surface area contributed by atoms with Gasteiger partial charge >= 0.3 is 0 Å². The van der Waals surface area contributed by atoms with Gasteiger partial charge in [-0.25, -0.2) is 0 Å². The van der Waals surface area contributed by atoms with Crippen molar-refractivity contribution < 1.29 is 9.59 Å². The van der Waals surface area contributed by atoms with Crippen molar-refractivity contribution in [2.24, 2.45) is 5.92 Å². The van der Waals surface area contributed by atoms with E-state index in [1.165, 1.54) is 10.9 Å². The number of rotatable bonds is 6. The number of nitrogens with zero attached hydrogens (tertiary/aromatic N) is 2. The first-order chi connectivity index (χ1) is 8.47.